The van der Waals surface area contributed by atoms with Gasteiger partial charge in [-0.2, -0.15) is 18.3 Å². The number of benzene rings is 1. The highest BCUT2D eigenvalue weighted by molar-refractivity contribution is 5.94. The largest absolute Gasteiger partial charge is 0.478 e. The molecule has 1 aliphatic heterocycles. The second-order valence-corrected chi connectivity index (χ2v) is 10.3. The number of nitrogens with one attached hydrogen (secondary N) is 1. The van der Waals surface area contributed by atoms with Crippen LogP contribution in [0.25, 0.3) is 5.65 Å². The molecule has 4 aromatic rings. The Kier molecular flexibility index (Phi) is 7.14. The number of carboxylic acids is 1. The van der Waals surface area contributed by atoms with Crippen LogP contribution in [0.15, 0.2) is 47.5 Å². The van der Waals surface area contributed by atoms with E-state index in [4.69, 9.17) is 4.98 Å². The highest BCUT2D eigenvalue weighted by Gasteiger charge is 2.39. The smallest absolute Gasteiger partial charge is 0.437 e. The maximum atomic E-state index is 13.5. The second-order valence-electron chi connectivity index (χ2n) is 10.3. The second kappa shape index (κ2) is 10.5. The summed E-state index contributed by atoms with van der Waals surface area (Å²) in [6.45, 7) is 6.72. The van der Waals surface area contributed by atoms with E-state index >= 15 is 0 Å². The number of aryl methyl sites for hydroxylation is 2. The van der Waals surface area contributed by atoms with Crippen molar-refractivity contribution in [2.45, 2.75) is 33.0 Å². The third-order valence-electron chi connectivity index (χ3n) is 7.28. The Morgan fingerprint density at radius 1 is 1.07 bits per heavy atom. The molecule has 0 amide bonds. The molecule has 41 heavy (non-hydrogen) atoms. The number of nitrogens with zero attached hydrogens (tertiary/aromatic N) is 6. The molecule has 0 bridgehead atoms. The number of rotatable bonds is 6. The minimum atomic E-state index is -4.57. The van der Waals surface area contributed by atoms with Crippen molar-refractivity contribution in [2.75, 3.05) is 41.3 Å². The van der Waals surface area contributed by atoms with Gasteiger partial charge in [0.05, 0.1) is 22.9 Å². The van der Waals surface area contributed by atoms with Crippen LogP contribution >= 0.6 is 0 Å². The fourth-order valence-corrected chi connectivity index (χ4v) is 5.29. The number of aromatic carboxylic acids is 1. The predicted molar refractivity (Wildman–Crippen MR) is 149 cm³/mol. The van der Waals surface area contributed by atoms with Crippen LogP contribution in [0.4, 0.5) is 30.4 Å². The molecule has 0 radical (unpaired) electrons. The maximum Gasteiger partial charge on any atom is 0.437 e. The number of aromatic nitrogens is 4. The van der Waals surface area contributed by atoms with Gasteiger partial charge in [0.2, 0.25) is 0 Å². The molecule has 0 aliphatic carbocycles. The van der Waals surface area contributed by atoms with Gasteiger partial charge in [-0.25, -0.2) is 9.78 Å². The number of anilines is 3. The summed E-state index contributed by atoms with van der Waals surface area (Å²) in [5.74, 6) is -0.588. The van der Waals surface area contributed by atoms with Gasteiger partial charge in [-0.3, -0.25) is 13.9 Å². The first-order valence-electron chi connectivity index (χ1n) is 13.1. The monoisotopic (exact) mass is 569 g/mol. The lowest BCUT2D eigenvalue weighted by molar-refractivity contribution is -0.141. The molecule has 0 spiro atoms. The molecule has 0 saturated carbocycles. The van der Waals surface area contributed by atoms with Gasteiger partial charge in [-0.15, -0.1) is 0 Å². The van der Waals surface area contributed by atoms with E-state index in [9.17, 15) is 27.9 Å². The van der Waals surface area contributed by atoms with Gasteiger partial charge in [0.1, 0.15) is 11.5 Å². The Hall–Kier alpha value is -4.55. The van der Waals surface area contributed by atoms with Crippen LogP contribution in [-0.2, 0) is 13.2 Å². The van der Waals surface area contributed by atoms with Gasteiger partial charge < -0.3 is 20.2 Å². The Morgan fingerprint density at radius 2 is 1.73 bits per heavy atom. The summed E-state index contributed by atoms with van der Waals surface area (Å²) in [6.07, 6.45) is -1.49. The van der Waals surface area contributed by atoms with Crippen molar-refractivity contribution in [3.05, 3.63) is 81.0 Å². The van der Waals surface area contributed by atoms with Gasteiger partial charge >= 0.3 is 12.1 Å². The van der Waals surface area contributed by atoms with Crippen LogP contribution in [0.3, 0.4) is 0 Å². The summed E-state index contributed by atoms with van der Waals surface area (Å²) >= 11 is 0. The fraction of sp³-hybridized carbons (Fsp3) is 0.357. The van der Waals surface area contributed by atoms with Gasteiger partial charge in [-0.05, 0) is 44.5 Å². The van der Waals surface area contributed by atoms with E-state index in [2.05, 4.69) is 10.4 Å². The first-order valence-corrected chi connectivity index (χ1v) is 13.1. The minimum absolute atomic E-state index is 0.0298. The first-order chi connectivity index (χ1) is 19.3. The van der Waals surface area contributed by atoms with Crippen molar-refractivity contribution >= 4 is 28.8 Å². The summed E-state index contributed by atoms with van der Waals surface area (Å²) in [6, 6.07) is 8.08. The van der Waals surface area contributed by atoms with Gasteiger partial charge in [0.15, 0.2) is 5.69 Å². The van der Waals surface area contributed by atoms with E-state index in [1.165, 1.54) is 23.7 Å². The average Bonchev–Trinajstić information content (AvgIpc) is 3.33. The first kappa shape index (κ1) is 28.0. The number of para-hydroxylation sites is 1. The average molecular weight is 570 g/mol. The van der Waals surface area contributed by atoms with Gasteiger partial charge in [0, 0.05) is 56.9 Å². The zero-order valence-electron chi connectivity index (χ0n) is 23.0. The van der Waals surface area contributed by atoms with Crippen molar-refractivity contribution in [1.29, 1.82) is 0 Å². The number of piperazine rings is 1. The van der Waals surface area contributed by atoms with E-state index in [1.54, 1.807) is 36.2 Å². The predicted octanol–water partition coefficient (Wildman–Crippen LogP) is 4.26. The molecule has 4 heterocycles. The van der Waals surface area contributed by atoms with E-state index in [1.807, 2.05) is 24.8 Å². The van der Waals surface area contributed by atoms with Crippen molar-refractivity contribution < 1.29 is 23.1 Å². The number of carboxylic acid groups (broad SMARTS) is 1. The van der Waals surface area contributed by atoms with Crippen LogP contribution in [0, 0.1) is 13.8 Å². The van der Waals surface area contributed by atoms with Crippen LogP contribution in [-0.4, -0.2) is 56.4 Å². The highest BCUT2D eigenvalue weighted by Crippen LogP contribution is 2.36. The van der Waals surface area contributed by atoms with E-state index in [0.717, 1.165) is 10.2 Å². The minimum Gasteiger partial charge on any atom is -0.478 e. The molecule has 0 unspecified atom stereocenters. The van der Waals surface area contributed by atoms with Crippen LogP contribution in [0.5, 0.6) is 0 Å². The number of carbonyl (C=O) groups is 1. The number of alkyl halides is 3. The molecule has 10 nitrogen and oxygen atoms in total. The summed E-state index contributed by atoms with van der Waals surface area (Å²) < 4.78 is 43.3. The third-order valence-corrected chi connectivity index (χ3v) is 7.28. The Morgan fingerprint density at radius 3 is 2.39 bits per heavy atom. The van der Waals surface area contributed by atoms with Gasteiger partial charge in [0.25, 0.3) is 5.56 Å². The van der Waals surface area contributed by atoms with Crippen LogP contribution in [0.2, 0.25) is 0 Å². The summed E-state index contributed by atoms with van der Waals surface area (Å²) in [4.78, 5) is 33.7. The van der Waals surface area contributed by atoms with Gasteiger partial charge in [-0.1, -0.05) is 12.1 Å². The lowest BCUT2D eigenvalue weighted by Gasteiger charge is -2.37. The molecule has 1 saturated heterocycles. The number of fused-ring (bicyclic) bond motifs is 1. The van der Waals surface area contributed by atoms with E-state index in [-0.39, 0.29) is 16.8 Å². The third kappa shape index (κ3) is 5.31. The lowest BCUT2D eigenvalue weighted by atomic mass is 10.1. The number of hydrogen-bond acceptors (Lipinski definition) is 7. The summed E-state index contributed by atoms with van der Waals surface area (Å²) in [7, 11) is 1.46. The molecule has 216 valence electrons. The normalized spacial score (nSPS) is 14.9. The van der Waals surface area contributed by atoms with Crippen molar-refractivity contribution in [3.63, 3.8) is 0 Å². The Balaban J connectivity index is 1.48. The Bertz CT molecular complexity index is 1690. The zero-order chi connectivity index (χ0) is 29.6. The number of pyridine rings is 1. The van der Waals surface area contributed by atoms with Crippen molar-refractivity contribution in [3.8, 4) is 0 Å². The summed E-state index contributed by atoms with van der Waals surface area (Å²) in [5.41, 5.74) is 1.80. The number of halogens is 3. The van der Waals surface area contributed by atoms with Crippen LogP contribution < -0.4 is 20.7 Å². The molecule has 1 fully saturated rings. The molecule has 13 heteroatoms. The molecular formula is C28H30F3N7O3. The zero-order valence-corrected chi connectivity index (χ0v) is 23.0. The topological polar surface area (TPSA) is 108 Å². The standard InChI is InChI=1S/C28H30F3N7O3/c1-16-13-20(18(3)32-21-8-6-5-7-19(21)27(40)41)25-33-24(17(2)26(39)38(25)14-16)37-11-9-36(10-12-37)22-15-35(4)34-23(22)28(29,30)31/h5-8,13-15,18,32H,9-12H2,1-4H3,(H,40,41)/t18-/m1/s1. The molecular weight excluding hydrogens is 539 g/mol. The lowest BCUT2D eigenvalue weighted by Crippen LogP contribution is -2.48. The highest BCUT2D eigenvalue weighted by atomic mass is 19.4. The van der Waals surface area contributed by atoms with E-state index in [0.29, 0.717) is 54.5 Å². The SMILES string of the molecule is Cc1cc([C@@H](C)Nc2ccccc2C(=O)O)c2nc(N3CCN(c4cn(C)nc4C(F)(F)F)CC3)c(C)c(=O)n2c1. The van der Waals surface area contributed by atoms with Crippen molar-refractivity contribution in [2.24, 2.45) is 7.05 Å². The fourth-order valence-electron chi connectivity index (χ4n) is 5.29. The van der Waals surface area contributed by atoms with E-state index < -0.39 is 23.9 Å². The molecule has 1 atom stereocenters. The quantitative estimate of drug-likeness (QED) is 0.355. The molecule has 5 rings (SSSR count). The molecule has 1 aliphatic rings. The van der Waals surface area contributed by atoms with Crippen molar-refractivity contribution in [1.82, 2.24) is 19.2 Å². The Labute approximate surface area is 233 Å². The molecule has 1 aromatic carbocycles. The maximum absolute atomic E-state index is 13.5. The molecule has 2 N–H and O–H groups in total. The summed E-state index contributed by atoms with van der Waals surface area (Å²) in [5, 5.41) is 16.5. The van der Waals surface area contributed by atoms with Crippen LogP contribution in [0.1, 0.15) is 45.7 Å². The number of hydrogen-bond donors (Lipinski definition) is 2. The molecule has 3 aromatic heterocycles.